The van der Waals surface area contributed by atoms with Crippen LogP contribution in [0.5, 0.6) is 0 Å². The highest BCUT2D eigenvalue weighted by molar-refractivity contribution is 5.88. The lowest BCUT2D eigenvalue weighted by atomic mass is 10.3. The summed E-state index contributed by atoms with van der Waals surface area (Å²) < 4.78 is 0. The second-order valence-electron chi connectivity index (χ2n) is 2.63. The van der Waals surface area contributed by atoms with Gasteiger partial charge in [0.15, 0.2) is 0 Å². The molecular formula is C7H10N4. The lowest BCUT2D eigenvalue weighted by Crippen LogP contribution is -2.24. The zero-order valence-electron chi connectivity index (χ0n) is 6.09. The number of nitriles is 1. The van der Waals surface area contributed by atoms with Crippen molar-refractivity contribution in [1.29, 1.82) is 10.7 Å². The first kappa shape index (κ1) is 7.61. The highest BCUT2D eigenvalue weighted by Gasteiger charge is 2.42. The molecule has 0 aromatic rings. The molecule has 0 spiro atoms. The van der Waals surface area contributed by atoms with Gasteiger partial charge >= 0.3 is 0 Å². The molecule has 0 saturated heterocycles. The average Bonchev–Trinajstić information content (AvgIpc) is 2.69. The van der Waals surface area contributed by atoms with Crippen molar-refractivity contribution < 1.29 is 0 Å². The van der Waals surface area contributed by atoms with Crippen molar-refractivity contribution in [3.05, 3.63) is 12.3 Å². The zero-order chi connectivity index (χ0) is 8.32. The van der Waals surface area contributed by atoms with Crippen molar-refractivity contribution in [1.82, 2.24) is 5.32 Å². The summed E-state index contributed by atoms with van der Waals surface area (Å²) in [5, 5.41) is 18.3. The quantitative estimate of drug-likeness (QED) is 0.393. The molecule has 0 bridgehead atoms. The van der Waals surface area contributed by atoms with Crippen LogP contribution < -0.4 is 11.1 Å². The number of rotatable bonds is 3. The van der Waals surface area contributed by atoms with E-state index >= 15 is 0 Å². The van der Waals surface area contributed by atoms with E-state index in [0.717, 1.165) is 12.8 Å². The third kappa shape index (κ3) is 1.97. The van der Waals surface area contributed by atoms with Gasteiger partial charge in [-0.3, -0.25) is 5.41 Å². The van der Waals surface area contributed by atoms with Gasteiger partial charge in [0.05, 0.1) is 6.07 Å². The highest BCUT2D eigenvalue weighted by Crippen LogP contribution is 2.34. The lowest BCUT2D eigenvalue weighted by Gasteiger charge is -2.02. The molecule has 1 aliphatic rings. The van der Waals surface area contributed by atoms with Crippen LogP contribution in [0.1, 0.15) is 12.8 Å². The van der Waals surface area contributed by atoms with E-state index in [2.05, 4.69) is 11.4 Å². The Morgan fingerprint density at radius 2 is 2.36 bits per heavy atom. The molecule has 0 heterocycles. The highest BCUT2D eigenvalue weighted by atomic mass is 15.0. The molecule has 4 heteroatoms. The Morgan fingerprint density at radius 3 is 2.73 bits per heavy atom. The third-order valence-electron chi connectivity index (χ3n) is 1.59. The summed E-state index contributed by atoms with van der Waals surface area (Å²) in [5.41, 5.74) is 4.70. The van der Waals surface area contributed by atoms with Crippen molar-refractivity contribution >= 4 is 5.84 Å². The molecule has 58 valence electrons. The first-order chi connectivity index (χ1) is 5.18. The Bertz CT molecular complexity index is 231. The van der Waals surface area contributed by atoms with Crippen LogP contribution in [-0.2, 0) is 0 Å². The Labute approximate surface area is 65.2 Å². The van der Waals surface area contributed by atoms with Crippen LogP contribution >= 0.6 is 0 Å². The monoisotopic (exact) mass is 150 g/mol. The minimum atomic E-state index is -0.355. The smallest absolute Gasteiger partial charge is 0.125 e. The predicted octanol–water partition coefficient (Wildman–Crippen LogP) is 0.0818. The molecule has 1 fully saturated rings. The second-order valence-corrected chi connectivity index (χ2v) is 2.63. The van der Waals surface area contributed by atoms with Crippen LogP contribution in [0.3, 0.4) is 0 Å². The van der Waals surface area contributed by atoms with Gasteiger partial charge in [-0.25, -0.2) is 0 Å². The summed E-state index contributed by atoms with van der Waals surface area (Å²) >= 11 is 0. The van der Waals surface area contributed by atoms with E-state index < -0.39 is 0 Å². The van der Waals surface area contributed by atoms with Crippen molar-refractivity contribution in [2.45, 2.75) is 18.4 Å². The summed E-state index contributed by atoms with van der Waals surface area (Å²) in [7, 11) is 0. The van der Waals surface area contributed by atoms with Crippen LogP contribution in [0.25, 0.3) is 0 Å². The van der Waals surface area contributed by atoms with Crippen LogP contribution in [0.15, 0.2) is 12.3 Å². The molecule has 4 N–H and O–H groups in total. The number of amidine groups is 1. The van der Waals surface area contributed by atoms with Gasteiger partial charge in [0, 0.05) is 6.20 Å². The van der Waals surface area contributed by atoms with Crippen LogP contribution in [0.2, 0.25) is 0 Å². The largest absolute Gasteiger partial charge is 0.384 e. The number of nitrogens with one attached hydrogen (secondary N) is 2. The Kier molecular flexibility index (Phi) is 1.81. The van der Waals surface area contributed by atoms with E-state index in [9.17, 15) is 0 Å². The molecule has 0 aliphatic heterocycles. The molecule has 1 rings (SSSR count). The van der Waals surface area contributed by atoms with Crippen molar-refractivity contribution in [2.75, 3.05) is 0 Å². The van der Waals surface area contributed by atoms with Crippen molar-refractivity contribution in [3.63, 3.8) is 0 Å². The second kappa shape index (κ2) is 2.62. The standard InChI is InChI=1S/C7H10N4/c8-5-7(2-3-7)11-4-1-6(9)10/h1,4,11H,2-3H2,(H3,9,10)/b4-1-. The SMILES string of the molecule is N#CC1(N/C=C\C(=N)N)CC1. The van der Waals surface area contributed by atoms with Gasteiger partial charge < -0.3 is 11.1 Å². The van der Waals surface area contributed by atoms with Gasteiger partial charge in [-0.2, -0.15) is 5.26 Å². The Balaban J connectivity index is 2.34. The number of nitrogens with two attached hydrogens (primary N) is 1. The molecule has 0 unspecified atom stereocenters. The summed E-state index contributed by atoms with van der Waals surface area (Å²) in [6.07, 6.45) is 4.74. The van der Waals surface area contributed by atoms with Gasteiger partial charge in [0.1, 0.15) is 11.4 Å². The number of hydrogen-bond donors (Lipinski definition) is 3. The fourth-order valence-corrected chi connectivity index (χ4v) is 0.704. The summed E-state index contributed by atoms with van der Waals surface area (Å²) in [4.78, 5) is 0. The molecule has 0 aromatic heterocycles. The van der Waals surface area contributed by atoms with E-state index in [1.807, 2.05) is 0 Å². The number of nitrogens with zero attached hydrogens (tertiary/aromatic N) is 1. The van der Waals surface area contributed by atoms with E-state index in [4.69, 9.17) is 16.4 Å². The fourth-order valence-electron chi connectivity index (χ4n) is 0.704. The maximum Gasteiger partial charge on any atom is 0.125 e. The minimum Gasteiger partial charge on any atom is -0.384 e. The van der Waals surface area contributed by atoms with Crippen molar-refractivity contribution in [3.8, 4) is 6.07 Å². The zero-order valence-corrected chi connectivity index (χ0v) is 6.09. The fraction of sp³-hybridized carbons (Fsp3) is 0.429. The van der Waals surface area contributed by atoms with Crippen molar-refractivity contribution in [2.24, 2.45) is 5.73 Å². The average molecular weight is 150 g/mol. The van der Waals surface area contributed by atoms with Crippen LogP contribution in [0.4, 0.5) is 0 Å². The molecular weight excluding hydrogens is 140 g/mol. The van der Waals surface area contributed by atoms with Gasteiger partial charge in [-0.1, -0.05) is 0 Å². The minimum absolute atomic E-state index is 0.00811. The first-order valence-corrected chi connectivity index (χ1v) is 3.38. The topological polar surface area (TPSA) is 85.7 Å². The Morgan fingerprint density at radius 1 is 1.73 bits per heavy atom. The predicted molar refractivity (Wildman–Crippen MR) is 41.8 cm³/mol. The maximum atomic E-state index is 8.59. The molecule has 0 amide bonds. The van der Waals surface area contributed by atoms with E-state index in [0.29, 0.717) is 0 Å². The lowest BCUT2D eigenvalue weighted by molar-refractivity contribution is 0.722. The molecule has 4 nitrogen and oxygen atoms in total. The van der Waals surface area contributed by atoms with Gasteiger partial charge in [-0.15, -0.1) is 0 Å². The van der Waals surface area contributed by atoms with Gasteiger partial charge in [0.2, 0.25) is 0 Å². The van der Waals surface area contributed by atoms with Crippen LogP contribution in [0, 0.1) is 16.7 Å². The third-order valence-corrected chi connectivity index (χ3v) is 1.59. The van der Waals surface area contributed by atoms with Gasteiger partial charge in [-0.05, 0) is 18.9 Å². The molecule has 0 atom stereocenters. The van der Waals surface area contributed by atoms with E-state index in [1.165, 1.54) is 6.08 Å². The number of hydrogen-bond acceptors (Lipinski definition) is 3. The summed E-state index contributed by atoms with van der Waals surface area (Å²) in [6, 6.07) is 2.15. The Hall–Kier alpha value is -1.50. The molecule has 11 heavy (non-hydrogen) atoms. The van der Waals surface area contributed by atoms with E-state index in [-0.39, 0.29) is 11.4 Å². The van der Waals surface area contributed by atoms with Crippen LogP contribution in [-0.4, -0.2) is 11.4 Å². The molecule has 1 saturated carbocycles. The molecule has 0 radical (unpaired) electrons. The summed E-state index contributed by atoms with van der Waals surface area (Å²) in [5.74, 6) is -0.00811. The van der Waals surface area contributed by atoms with E-state index in [1.54, 1.807) is 6.20 Å². The summed E-state index contributed by atoms with van der Waals surface area (Å²) in [6.45, 7) is 0. The first-order valence-electron chi connectivity index (χ1n) is 3.38. The molecule has 1 aliphatic carbocycles. The van der Waals surface area contributed by atoms with Gasteiger partial charge in [0.25, 0.3) is 0 Å². The molecule has 0 aromatic carbocycles. The normalized spacial score (nSPS) is 19.2. The maximum absolute atomic E-state index is 8.59.